The fourth-order valence-electron chi connectivity index (χ4n) is 2.51. The highest BCUT2D eigenvalue weighted by Crippen LogP contribution is 2.29. The molecule has 6 heteroatoms. The van der Waals surface area contributed by atoms with Gasteiger partial charge < -0.3 is 10.4 Å². The lowest BCUT2D eigenvalue weighted by atomic mass is 9.81. The van der Waals surface area contributed by atoms with Crippen molar-refractivity contribution in [3.05, 3.63) is 34.1 Å². The second-order valence-electron chi connectivity index (χ2n) is 5.03. The largest absolute Gasteiger partial charge is 0.480 e. The van der Waals surface area contributed by atoms with E-state index in [2.05, 4.69) is 21.2 Å². The molecule has 1 aromatic carbocycles. The van der Waals surface area contributed by atoms with Crippen LogP contribution >= 0.6 is 15.9 Å². The smallest absolute Gasteiger partial charge is 0.329 e. The fraction of sp³-hybridized carbons (Fsp3) is 0.429. The Hall–Kier alpha value is -1.43. The van der Waals surface area contributed by atoms with Gasteiger partial charge in [0.15, 0.2) is 0 Å². The van der Waals surface area contributed by atoms with Crippen LogP contribution in [0.2, 0.25) is 0 Å². The van der Waals surface area contributed by atoms with E-state index in [9.17, 15) is 19.1 Å². The van der Waals surface area contributed by atoms with Gasteiger partial charge in [-0.1, -0.05) is 35.2 Å². The number of amides is 1. The van der Waals surface area contributed by atoms with E-state index in [1.54, 1.807) is 6.07 Å². The van der Waals surface area contributed by atoms with Gasteiger partial charge >= 0.3 is 5.97 Å². The molecule has 0 saturated heterocycles. The van der Waals surface area contributed by atoms with E-state index < -0.39 is 23.2 Å². The summed E-state index contributed by atoms with van der Waals surface area (Å²) in [6, 6.07) is 4.07. The second-order valence-corrected chi connectivity index (χ2v) is 5.94. The molecule has 1 aliphatic carbocycles. The summed E-state index contributed by atoms with van der Waals surface area (Å²) in [5, 5.41) is 11.9. The maximum absolute atomic E-state index is 13.7. The normalized spacial score (nSPS) is 17.5. The number of carbonyl (C=O) groups is 2. The molecule has 2 rings (SSSR count). The Morgan fingerprint density at radius 2 is 1.90 bits per heavy atom. The van der Waals surface area contributed by atoms with Crippen molar-refractivity contribution >= 4 is 27.8 Å². The van der Waals surface area contributed by atoms with Gasteiger partial charge in [0.05, 0.1) is 5.56 Å². The van der Waals surface area contributed by atoms with Crippen molar-refractivity contribution in [2.24, 2.45) is 0 Å². The molecule has 0 heterocycles. The Morgan fingerprint density at radius 1 is 1.25 bits per heavy atom. The quantitative estimate of drug-likeness (QED) is 0.886. The lowest BCUT2D eigenvalue weighted by molar-refractivity contribution is -0.145. The molecule has 0 atom stereocenters. The first-order valence-corrected chi connectivity index (χ1v) is 7.25. The summed E-state index contributed by atoms with van der Waals surface area (Å²) >= 11 is 3.11. The van der Waals surface area contributed by atoms with Gasteiger partial charge in [0, 0.05) is 4.47 Å². The maximum Gasteiger partial charge on any atom is 0.329 e. The molecule has 4 nitrogen and oxygen atoms in total. The van der Waals surface area contributed by atoms with E-state index in [4.69, 9.17) is 0 Å². The van der Waals surface area contributed by atoms with Gasteiger partial charge in [-0.15, -0.1) is 0 Å². The number of carbonyl (C=O) groups excluding carboxylic acids is 1. The third-order valence-electron chi connectivity index (χ3n) is 3.65. The minimum absolute atomic E-state index is 0.139. The zero-order valence-electron chi connectivity index (χ0n) is 10.8. The van der Waals surface area contributed by atoms with E-state index in [1.165, 1.54) is 12.1 Å². The van der Waals surface area contributed by atoms with Crippen LogP contribution in [-0.2, 0) is 4.79 Å². The van der Waals surface area contributed by atoms with E-state index in [0.29, 0.717) is 17.3 Å². The molecular formula is C14H15BrFNO3. The van der Waals surface area contributed by atoms with Gasteiger partial charge in [-0.3, -0.25) is 4.79 Å². The molecule has 0 aromatic heterocycles. The monoisotopic (exact) mass is 343 g/mol. The van der Waals surface area contributed by atoms with E-state index in [0.717, 1.165) is 19.3 Å². The van der Waals surface area contributed by atoms with Crippen LogP contribution in [0, 0.1) is 5.82 Å². The Labute approximate surface area is 124 Å². The Bertz CT molecular complexity index is 541. The van der Waals surface area contributed by atoms with Gasteiger partial charge in [-0.2, -0.15) is 0 Å². The number of carboxylic acid groups (broad SMARTS) is 1. The number of aliphatic carboxylic acids is 1. The highest BCUT2D eigenvalue weighted by Gasteiger charge is 2.41. The lowest BCUT2D eigenvalue weighted by Gasteiger charge is -2.34. The number of halogens is 2. The van der Waals surface area contributed by atoms with Gasteiger partial charge in [-0.05, 0) is 31.0 Å². The molecule has 108 valence electrons. The summed E-state index contributed by atoms with van der Waals surface area (Å²) in [6.45, 7) is 0. The standard InChI is InChI=1S/C14H15BrFNO3/c15-9-4-5-10(11(16)8-9)12(18)17-14(13(19)20)6-2-1-3-7-14/h4-5,8H,1-3,6-7H2,(H,17,18)(H,19,20). The topological polar surface area (TPSA) is 66.4 Å². The van der Waals surface area contributed by atoms with Crippen molar-refractivity contribution in [3.63, 3.8) is 0 Å². The molecule has 20 heavy (non-hydrogen) atoms. The van der Waals surface area contributed by atoms with E-state index >= 15 is 0 Å². The van der Waals surface area contributed by atoms with Crippen LogP contribution in [0.1, 0.15) is 42.5 Å². The number of carboxylic acids is 1. The molecule has 1 aromatic rings. The van der Waals surface area contributed by atoms with Crippen LogP contribution in [0.4, 0.5) is 4.39 Å². The number of benzene rings is 1. The molecule has 0 bridgehead atoms. The molecule has 1 amide bonds. The maximum atomic E-state index is 13.7. The molecule has 1 fully saturated rings. The van der Waals surface area contributed by atoms with Crippen LogP contribution in [0.3, 0.4) is 0 Å². The molecule has 0 aliphatic heterocycles. The average molecular weight is 344 g/mol. The highest BCUT2D eigenvalue weighted by atomic mass is 79.9. The first-order chi connectivity index (χ1) is 9.44. The number of rotatable bonds is 3. The highest BCUT2D eigenvalue weighted by molar-refractivity contribution is 9.10. The van der Waals surface area contributed by atoms with Gasteiger partial charge in [0.2, 0.25) is 0 Å². The zero-order valence-corrected chi connectivity index (χ0v) is 12.4. The first kappa shape index (κ1) is 15.0. The number of nitrogens with one attached hydrogen (secondary N) is 1. The minimum Gasteiger partial charge on any atom is -0.480 e. The predicted octanol–water partition coefficient (Wildman–Crippen LogP) is 3.11. The molecule has 0 unspecified atom stereocenters. The average Bonchev–Trinajstić information content (AvgIpc) is 2.39. The van der Waals surface area contributed by atoms with Crippen molar-refractivity contribution in [3.8, 4) is 0 Å². The summed E-state index contributed by atoms with van der Waals surface area (Å²) in [7, 11) is 0. The van der Waals surface area contributed by atoms with Crippen LogP contribution in [0.5, 0.6) is 0 Å². The van der Waals surface area contributed by atoms with Crippen LogP contribution in [-0.4, -0.2) is 22.5 Å². The van der Waals surface area contributed by atoms with Crippen molar-refractivity contribution in [2.45, 2.75) is 37.6 Å². The van der Waals surface area contributed by atoms with Crippen LogP contribution in [0.15, 0.2) is 22.7 Å². The Kier molecular flexibility index (Phi) is 4.42. The molecule has 2 N–H and O–H groups in total. The molecule has 0 spiro atoms. The zero-order chi connectivity index (χ0) is 14.8. The summed E-state index contributed by atoms with van der Waals surface area (Å²) < 4.78 is 14.3. The summed E-state index contributed by atoms with van der Waals surface area (Å²) in [4.78, 5) is 23.6. The first-order valence-electron chi connectivity index (χ1n) is 6.45. The van der Waals surface area contributed by atoms with Crippen molar-refractivity contribution in [1.29, 1.82) is 0 Å². The van der Waals surface area contributed by atoms with Gasteiger partial charge in [-0.25, -0.2) is 9.18 Å². The summed E-state index contributed by atoms with van der Waals surface area (Å²) in [5.41, 5.74) is -1.41. The third-order valence-corrected chi connectivity index (χ3v) is 4.14. The summed E-state index contributed by atoms with van der Waals surface area (Å²) in [5.74, 6) is -2.41. The van der Waals surface area contributed by atoms with E-state index in [-0.39, 0.29) is 5.56 Å². The fourth-order valence-corrected chi connectivity index (χ4v) is 2.84. The van der Waals surface area contributed by atoms with Gasteiger partial charge in [0.25, 0.3) is 5.91 Å². The third kappa shape index (κ3) is 3.00. The molecule has 1 aliphatic rings. The van der Waals surface area contributed by atoms with Crippen LogP contribution in [0.25, 0.3) is 0 Å². The van der Waals surface area contributed by atoms with Crippen molar-refractivity contribution < 1.29 is 19.1 Å². The Balaban J connectivity index is 2.22. The molecular weight excluding hydrogens is 329 g/mol. The summed E-state index contributed by atoms with van der Waals surface area (Å²) in [6.07, 6.45) is 3.21. The number of hydrogen-bond donors (Lipinski definition) is 2. The Morgan fingerprint density at radius 3 is 2.45 bits per heavy atom. The van der Waals surface area contributed by atoms with Crippen LogP contribution < -0.4 is 5.32 Å². The van der Waals surface area contributed by atoms with Crippen molar-refractivity contribution in [1.82, 2.24) is 5.32 Å². The number of hydrogen-bond acceptors (Lipinski definition) is 2. The van der Waals surface area contributed by atoms with E-state index in [1.807, 2.05) is 0 Å². The van der Waals surface area contributed by atoms with Gasteiger partial charge in [0.1, 0.15) is 11.4 Å². The minimum atomic E-state index is -1.27. The molecule has 1 saturated carbocycles. The molecule has 0 radical (unpaired) electrons. The predicted molar refractivity (Wildman–Crippen MR) is 75.0 cm³/mol. The second kappa shape index (κ2) is 5.91. The SMILES string of the molecule is O=C(NC1(C(=O)O)CCCCC1)c1ccc(Br)cc1F. The lowest BCUT2D eigenvalue weighted by Crippen LogP contribution is -2.55. The van der Waals surface area contributed by atoms with Crippen molar-refractivity contribution in [2.75, 3.05) is 0 Å².